The smallest absolute Gasteiger partial charge is 0.221 e. The molecule has 1 N–H and O–H groups in total. The molecule has 2 aromatic carbocycles. The van der Waals surface area contributed by atoms with E-state index >= 15 is 8.78 Å². The summed E-state index contributed by atoms with van der Waals surface area (Å²) in [6.45, 7) is 8.13. The van der Waals surface area contributed by atoms with Crippen molar-refractivity contribution in [3.63, 3.8) is 0 Å². The predicted molar refractivity (Wildman–Crippen MR) is 130 cm³/mol. The van der Waals surface area contributed by atoms with Gasteiger partial charge in [-0.25, -0.2) is 17.2 Å². The lowest BCUT2D eigenvalue weighted by atomic mass is 9.52. The number of aliphatic hydroxyl groups is 1. The Kier molecular flexibility index (Phi) is 6.53. The summed E-state index contributed by atoms with van der Waals surface area (Å²) < 4.78 is 58.8. The number of carbonyl (C=O) groups excluding carboxylic acids is 1. The van der Waals surface area contributed by atoms with Gasteiger partial charge in [0.15, 0.2) is 0 Å². The lowest BCUT2D eigenvalue weighted by molar-refractivity contribution is -0.138. The number of nitrogens with zero attached hydrogens (tertiary/aromatic N) is 1. The van der Waals surface area contributed by atoms with Crippen LogP contribution in [0.4, 0.5) is 8.78 Å². The van der Waals surface area contributed by atoms with E-state index in [0.29, 0.717) is 24.0 Å². The van der Waals surface area contributed by atoms with Gasteiger partial charge in [0, 0.05) is 23.7 Å². The highest BCUT2D eigenvalue weighted by Gasteiger charge is 2.59. The number of carbonyl (C=O) groups is 1. The van der Waals surface area contributed by atoms with Gasteiger partial charge in [0.05, 0.1) is 11.0 Å². The zero-order valence-corrected chi connectivity index (χ0v) is 21.0. The summed E-state index contributed by atoms with van der Waals surface area (Å²) in [6, 6.07) is 10.5. The number of rotatable bonds is 6. The van der Waals surface area contributed by atoms with Gasteiger partial charge in [-0.2, -0.15) is 4.31 Å². The summed E-state index contributed by atoms with van der Waals surface area (Å²) >= 11 is 0. The molecule has 188 valence electrons. The Bertz CT molecular complexity index is 1270. The van der Waals surface area contributed by atoms with Crippen LogP contribution in [0.1, 0.15) is 68.4 Å². The number of Topliss-reactive ketones (excluding diaryl/α,β-unsaturated/α-hetero) is 1. The van der Waals surface area contributed by atoms with Crippen molar-refractivity contribution in [2.24, 2.45) is 0 Å². The molecule has 1 aliphatic heterocycles. The first-order chi connectivity index (χ1) is 16.3. The summed E-state index contributed by atoms with van der Waals surface area (Å²) in [6.07, 6.45) is 0.897. The summed E-state index contributed by atoms with van der Waals surface area (Å²) in [5.41, 5.74) is -1.73. The highest BCUT2D eigenvalue weighted by molar-refractivity contribution is 7.89. The largest absolute Gasteiger partial charge is 0.385 e. The molecule has 0 amide bonds. The highest BCUT2D eigenvalue weighted by atomic mass is 32.2. The number of benzene rings is 2. The minimum Gasteiger partial charge on any atom is -0.385 e. The van der Waals surface area contributed by atoms with Gasteiger partial charge in [0.2, 0.25) is 10.0 Å². The Balaban J connectivity index is 1.66. The molecule has 4 rings (SSSR count). The molecule has 0 spiro atoms. The summed E-state index contributed by atoms with van der Waals surface area (Å²) in [7, 11) is -3.82. The molecule has 5 nitrogen and oxygen atoms in total. The molecule has 2 aromatic rings. The summed E-state index contributed by atoms with van der Waals surface area (Å²) in [5, 5.41) is 9.88. The molecule has 2 fully saturated rings. The van der Waals surface area contributed by atoms with Gasteiger partial charge < -0.3 is 5.11 Å². The number of sulfonamides is 1. The maximum atomic E-state index is 15.4. The standard InChI is InChI=1S/C27H31F2NO4S/c1-17(2)27(32)15-26(16-27,19(4)31)22-13-23(28)21(12-24(22)29)14-30-18(3)10-11-25(35(30,33)34)20-8-6-5-7-9-20/h5-9,12-13,18,25,32H,1,10-11,14-16H2,2-4H3/t18-,25+,26?,27?/m0/s1. The zero-order valence-electron chi connectivity index (χ0n) is 20.2. The second-order valence-electron chi connectivity index (χ2n) is 10.1. The third-order valence-electron chi connectivity index (χ3n) is 7.83. The molecule has 1 saturated carbocycles. The molecule has 0 radical (unpaired) electrons. The molecule has 0 unspecified atom stereocenters. The van der Waals surface area contributed by atoms with Gasteiger partial charge in [0.25, 0.3) is 0 Å². The van der Waals surface area contributed by atoms with E-state index < -0.39 is 37.9 Å². The third-order valence-corrected chi connectivity index (χ3v) is 10.2. The molecule has 8 heteroatoms. The maximum Gasteiger partial charge on any atom is 0.221 e. The average molecular weight is 504 g/mol. The van der Waals surface area contributed by atoms with Gasteiger partial charge in [-0.1, -0.05) is 36.9 Å². The van der Waals surface area contributed by atoms with Crippen LogP contribution in [0, 0.1) is 11.6 Å². The lowest BCUT2D eigenvalue weighted by Gasteiger charge is -2.52. The van der Waals surface area contributed by atoms with Crippen LogP contribution in [0.3, 0.4) is 0 Å². The molecular weight excluding hydrogens is 472 g/mol. The Morgan fingerprint density at radius 1 is 1.11 bits per heavy atom. The van der Waals surface area contributed by atoms with Crippen LogP contribution in [0.25, 0.3) is 0 Å². The van der Waals surface area contributed by atoms with E-state index in [0.717, 1.165) is 12.1 Å². The van der Waals surface area contributed by atoms with Crippen LogP contribution in [0.5, 0.6) is 0 Å². The second kappa shape index (κ2) is 8.91. The number of halogens is 2. The molecule has 2 aliphatic rings. The Labute approximate surface area is 205 Å². The van der Waals surface area contributed by atoms with Crippen molar-refractivity contribution in [2.45, 2.75) is 75.3 Å². The van der Waals surface area contributed by atoms with Gasteiger partial charge >= 0.3 is 0 Å². The SMILES string of the molecule is C=C(C)C1(O)CC(C(C)=O)(c2cc(F)c(CN3[C@@H](C)CC[C@H](c4ccccc4)S3(=O)=O)cc2F)C1. The van der Waals surface area contributed by atoms with Gasteiger partial charge in [-0.05, 0) is 69.7 Å². The predicted octanol–water partition coefficient (Wildman–Crippen LogP) is 4.95. The van der Waals surface area contributed by atoms with E-state index in [4.69, 9.17) is 0 Å². The van der Waals surface area contributed by atoms with Crippen LogP contribution in [0.15, 0.2) is 54.6 Å². The Morgan fingerprint density at radius 2 is 1.74 bits per heavy atom. The summed E-state index contributed by atoms with van der Waals surface area (Å²) in [5.74, 6) is -1.94. The van der Waals surface area contributed by atoms with Crippen molar-refractivity contribution < 1.29 is 27.1 Å². The average Bonchev–Trinajstić information content (AvgIpc) is 2.76. The fourth-order valence-electron chi connectivity index (χ4n) is 5.47. The van der Waals surface area contributed by atoms with E-state index in [2.05, 4.69) is 6.58 Å². The van der Waals surface area contributed by atoms with Crippen molar-refractivity contribution in [2.75, 3.05) is 0 Å². The molecule has 1 saturated heterocycles. The first-order valence-electron chi connectivity index (χ1n) is 11.8. The van der Waals surface area contributed by atoms with Crippen molar-refractivity contribution in [3.05, 3.63) is 82.9 Å². The molecule has 35 heavy (non-hydrogen) atoms. The molecule has 1 aliphatic carbocycles. The first kappa shape index (κ1) is 25.7. The van der Waals surface area contributed by atoms with Crippen LogP contribution in [-0.2, 0) is 26.8 Å². The zero-order chi connectivity index (χ0) is 25.8. The van der Waals surface area contributed by atoms with Gasteiger partial charge in [-0.3, -0.25) is 4.79 Å². The van der Waals surface area contributed by atoms with Crippen molar-refractivity contribution in [1.82, 2.24) is 4.31 Å². The van der Waals surface area contributed by atoms with E-state index in [1.807, 2.05) is 6.07 Å². The van der Waals surface area contributed by atoms with Crippen LogP contribution >= 0.6 is 0 Å². The van der Waals surface area contributed by atoms with Crippen molar-refractivity contribution in [1.29, 1.82) is 0 Å². The normalized spacial score (nSPS) is 30.5. The maximum absolute atomic E-state index is 15.4. The van der Waals surface area contributed by atoms with E-state index in [9.17, 15) is 18.3 Å². The minimum absolute atomic E-state index is 0.0728. The number of hydrogen-bond donors (Lipinski definition) is 1. The van der Waals surface area contributed by atoms with Gasteiger partial charge in [0.1, 0.15) is 22.7 Å². The number of hydrogen-bond acceptors (Lipinski definition) is 4. The molecule has 1 heterocycles. The Morgan fingerprint density at radius 3 is 2.31 bits per heavy atom. The van der Waals surface area contributed by atoms with Crippen molar-refractivity contribution >= 4 is 15.8 Å². The molecule has 2 atom stereocenters. The van der Waals surface area contributed by atoms with E-state index in [-0.39, 0.29) is 42.3 Å². The van der Waals surface area contributed by atoms with Crippen molar-refractivity contribution in [3.8, 4) is 0 Å². The monoisotopic (exact) mass is 503 g/mol. The van der Waals surface area contributed by atoms with Gasteiger partial charge in [-0.15, -0.1) is 0 Å². The fraction of sp³-hybridized carbons (Fsp3) is 0.444. The quantitative estimate of drug-likeness (QED) is 0.566. The lowest BCUT2D eigenvalue weighted by Crippen LogP contribution is -2.59. The Hall–Kier alpha value is -2.42. The topological polar surface area (TPSA) is 74.7 Å². The first-order valence-corrected chi connectivity index (χ1v) is 13.3. The van der Waals surface area contributed by atoms with E-state index in [1.165, 1.54) is 11.2 Å². The second-order valence-corrected chi connectivity index (χ2v) is 12.2. The van der Waals surface area contributed by atoms with Crippen LogP contribution < -0.4 is 0 Å². The minimum atomic E-state index is -3.82. The summed E-state index contributed by atoms with van der Waals surface area (Å²) in [4.78, 5) is 12.5. The van der Waals surface area contributed by atoms with Crippen LogP contribution in [0.2, 0.25) is 0 Å². The molecule has 0 bridgehead atoms. The molecular formula is C27H31F2NO4S. The van der Waals surface area contributed by atoms with E-state index in [1.54, 1.807) is 38.1 Å². The molecule has 0 aromatic heterocycles. The third kappa shape index (κ3) is 4.26. The fourth-order valence-corrected chi connectivity index (χ4v) is 7.66. The number of ketones is 1. The van der Waals surface area contributed by atoms with Crippen LogP contribution in [-0.4, -0.2) is 35.3 Å². The highest BCUT2D eigenvalue weighted by Crippen LogP contribution is 2.54.